The number of aryl methyl sites for hydroxylation is 1. The molecule has 2 aromatic rings. The van der Waals surface area contributed by atoms with Crippen molar-refractivity contribution in [1.82, 2.24) is 0 Å². The predicted molar refractivity (Wildman–Crippen MR) is 168 cm³/mol. The van der Waals surface area contributed by atoms with Gasteiger partial charge >= 0.3 is 5.97 Å². The lowest BCUT2D eigenvalue weighted by Gasteiger charge is -2.28. The molecule has 0 aromatic heterocycles. The second kappa shape index (κ2) is 18.5. The molecule has 0 radical (unpaired) electrons. The molecule has 0 heterocycles. The molecule has 222 valence electrons. The molecular weight excluding hydrogens is 567 g/mol. The molecule has 0 unspecified atom stereocenters. The van der Waals surface area contributed by atoms with Gasteiger partial charge in [-0.1, -0.05) is 95.5 Å². The maximum Gasteiger partial charge on any atom is 0.340 e. The minimum atomic E-state index is -1.47. The summed E-state index contributed by atoms with van der Waals surface area (Å²) in [6, 6.07) is 15.2. The molecule has 0 saturated heterocycles. The Morgan fingerprint density at radius 3 is 2.20 bits per heavy atom. The van der Waals surface area contributed by atoms with Crippen LogP contribution in [0.5, 0.6) is 5.75 Å². The fourth-order valence-electron chi connectivity index (χ4n) is 5.55. The maximum atomic E-state index is 13.9. The lowest BCUT2D eigenvalue weighted by atomic mass is 9.83. The van der Waals surface area contributed by atoms with E-state index >= 15 is 0 Å². The van der Waals surface area contributed by atoms with Gasteiger partial charge in [-0.25, -0.2) is 9.18 Å². The summed E-state index contributed by atoms with van der Waals surface area (Å²) in [4.78, 5) is 12.0. The van der Waals surface area contributed by atoms with Crippen LogP contribution in [0.25, 0.3) is 11.1 Å². The predicted octanol–water partition coefficient (Wildman–Crippen LogP) is 10.8. The van der Waals surface area contributed by atoms with Gasteiger partial charge in [0, 0.05) is 0 Å². The summed E-state index contributed by atoms with van der Waals surface area (Å²) in [5.41, 5.74) is 3.73. The molecule has 5 heteroatoms. The van der Waals surface area contributed by atoms with Crippen molar-refractivity contribution >= 4 is 21.9 Å². The summed E-state index contributed by atoms with van der Waals surface area (Å²) in [6.07, 6.45) is 15.3. The largest absolute Gasteiger partial charge is 0.492 e. The summed E-state index contributed by atoms with van der Waals surface area (Å²) in [7, 11) is 0. The lowest BCUT2D eigenvalue weighted by Crippen LogP contribution is -2.29. The van der Waals surface area contributed by atoms with Crippen molar-refractivity contribution < 1.29 is 18.7 Å². The molecule has 1 saturated carbocycles. The third-order valence-electron chi connectivity index (χ3n) is 8.21. The molecule has 1 fully saturated rings. The smallest absolute Gasteiger partial charge is 0.340 e. The van der Waals surface area contributed by atoms with Crippen molar-refractivity contribution in [3.63, 3.8) is 0 Å². The SMILES string of the molecule is CCCCCCCCCOc1ccc(-c2ccc(CCC3CCC(OC(=O)[C@@H](F)CCCC)CC3)cc2)cc1Br. The van der Waals surface area contributed by atoms with Crippen LogP contribution in [-0.4, -0.2) is 24.9 Å². The molecule has 40 heavy (non-hydrogen) atoms. The number of ether oxygens (including phenoxy) is 2. The van der Waals surface area contributed by atoms with Gasteiger partial charge in [0.05, 0.1) is 11.1 Å². The minimum Gasteiger partial charge on any atom is -0.492 e. The first kappa shape index (κ1) is 32.6. The highest BCUT2D eigenvalue weighted by Gasteiger charge is 2.27. The van der Waals surface area contributed by atoms with Crippen LogP contribution < -0.4 is 4.74 Å². The van der Waals surface area contributed by atoms with Crippen molar-refractivity contribution in [3.8, 4) is 16.9 Å². The normalized spacial score (nSPS) is 17.9. The van der Waals surface area contributed by atoms with Gasteiger partial charge in [0.15, 0.2) is 6.17 Å². The average molecular weight is 618 g/mol. The number of hydrogen-bond donors (Lipinski definition) is 0. The molecule has 1 atom stereocenters. The van der Waals surface area contributed by atoms with E-state index in [1.54, 1.807) is 0 Å². The lowest BCUT2D eigenvalue weighted by molar-refractivity contribution is -0.157. The molecular formula is C35H50BrFO3. The van der Waals surface area contributed by atoms with Crippen LogP contribution in [0.3, 0.4) is 0 Å². The Balaban J connectivity index is 1.36. The zero-order chi connectivity index (χ0) is 28.6. The second-order valence-electron chi connectivity index (χ2n) is 11.5. The zero-order valence-corrected chi connectivity index (χ0v) is 26.4. The maximum absolute atomic E-state index is 13.9. The Labute approximate surface area is 250 Å². The number of carbonyl (C=O) groups excluding carboxylic acids is 1. The van der Waals surface area contributed by atoms with Gasteiger partial charge in [0.25, 0.3) is 0 Å². The average Bonchev–Trinajstić information content (AvgIpc) is 2.97. The highest BCUT2D eigenvalue weighted by Crippen LogP contribution is 2.33. The number of halogens is 2. The van der Waals surface area contributed by atoms with Gasteiger partial charge in [0.2, 0.25) is 0 Å². The first-order valence-electron chi connectivity index (χ1n) is 15.9. The fraction of sp³-hybridized carbons (Fsp3) is 0.629. The highest BCUT2D eigenvalue weighted by atomic mass is 79.9. The fourth-order valence-corrected chi connectivity index (χ4v) is 6.04. The number of alkyl halides is 1. The summed E-state index contributed by atoms with van der Waals surface area (Å²) >= 11 is 3.70. The highest BCUT2D eigenvalue weighted by molar-refractivity contribution is 9.10. The van der Waals surface area contributed by atoms with Crippen molar-refractivity contribution in [2.24, 2.45) is 5.92 Å². The summed E-state index contributed by atoms with van der Waals surface area (Å²) < 4.78 is 26.4. The van der Waals surface area contributed by atoms with Gasteiger partial charge in [-0.3, -0.25) is 0 Å². The first-order chi connectivity index (χ1) is 19.5. The van der Waals surface area contributed by atoms with E-state index in [4.69, 9.17) is 9.47 Å². The van der Waals surface area contributed by atoms with Gasteiger partial charge in [-0.05, 0) is 102 Å². The molecule has 0 aliphatic heterocycles. The van der Waals surface area contributed by atoms with E-state index < -0.39 is 12.1 Å². The number of unbranched alkanes of at least 4 members (excludes halogenated alkanes) is 7. The van der Waals surface area contributed by atoms with Crippen LogP contribution in [0.1, 0.15) is 116 Å². The molecule has 0 N–H and O–H groups in total. The van der Waals surface area contributed by atoms with Crippen molar-refractivity contribution in [2.45, 2.75) is 129 Å². The van der Waals surface area contributed by atoms with E-state index in [-0.39, 0.29) is 12.5 Å². The van der Waals surface area contributed by atoms with Crippen LogP contribution in [0.2, 0.25) is 0 Å². The van der Waals surface area contributed by atoms with E-state index in [9.17, 15) is 9.18 Å². The number of hydrogen-bond acceptors (Lipinski definition) is 3. The molecule has 1 aliphatic rings. The van der Waals surface area contributed by atoms with Gasteiger partial charge in [0.1, 0.15) is 11.9 Å². The Bertz CT molecular complexity index is 985. The molecule has 1 aliphatic carbocycles. The van der Waals surface area contributed by atoms with E-state index in [1.807, 2.05) is 6.92 Å². The van der Waals surface area contributed by atoms with Gasteiger partial charge in [-0.2, -0.15) is 0 Å². The molecule has 0 amide bonds. The van der Waals surface area contributed by atoms with Crippen LogP contribution in [0, 0.1) is 5.92 Å². The topological polar surface area (TPSA) is 35.5 Å². The van der Waals surface area contributed by atoms with Crippen LogP contribution in [-0.2, 0) is 16.0 Å². The van der Waals surface area contributed by atoms with E-state index in [0.717, 1.165) is 74.6 Å². The molecule has 3 rings (SSSR count). The Hall–Kier alpha value is -1.88. The minimum absolute atomic E-state index is 0.112. The van der Waals surface area contributed by atoms with Crippen molar-refractivity contribution in [1.29, 1.82) is 0 Å². The van der Waals surface area contributed by atoms with Crippen molar-refractivity contribution in [2.75, 3.05) is 6.61 Å². The third kappa shape index (κ3) is 11.5. The molecule has 0 bridgehead atoms. The van der Waals surface area contributed by atoms with E-state index in [2.05, 4.69) is 65.3 Å². The summed E-state index contributed by atoms with van der Waals surface area (Å²) in [5, 5.41) is 0. The Morgan fingerprint density at radius 2 is 1.52 bits per heavy atom. The number of esters is 1. The number of carbonyl (C=O) groups is 1. The monoisotopic (exact) mass is 616 g/mol. The second-order valence-corrected chi connectivity index (χ2v) is 12.4. The standard InChI is InChI=1S/C35H50BrFO3/c1-3-5-7-8-9-10-11-25-39-34-24-21-30(26-32(34)36)29-19-15-27(16-20-29)13-14-28-17-22-31(23-18-28)40-35(38)33(37)12-6-4-2/h15-16,19-21,24,26,28,31,33H,3-14,17-18,22-23,25H2,1-2H3/t28?,31?,33-/m0/s1. The van der Waals surface area contributed by atoms with E-state index in [1.165, 1.54) is 55.2 Å². The first-order valence-corrected chi connectivity index (χ1v) is 16.7. The number of rotatable bonds is 18. The third-order valence-corrected chi connectivity index (χ3v) is 8.83. The molecule has 3 nitrogen and oxygen atoms in total. The van der Waals surface area contributed by atoms with Gasteiger partial charge in [-0.15, -0.1) is 0 Å². The molecule has 2 aromatic carbocycles. The van der Waals surface area contributed by atoms with Crippen LogP contribution in [0.4, 0.5) is 4.39 Å². The Morgan fingerprint density at radius 1 is 0.875 bits per heavy atom. The van der Waals surface area contributed by atoms with Crippen LogP contribution in [0.15, 0.2) is 46.9 Å². The van der Waals surface area contributed by atoms with Crippen molar-refractivity contribution in [3.05, 3.63) is 52.5 Å². The van der Waals surface area contributed by atoms with E-state index in [0.29, 0.717) is 5.92 Å². The quantitative estimate of drug-likeness (QED) is 0.123. The number of benzene rings is 2. The Kier molecular flexibility index (Phi) is 15.1. The molecule has 0 spiro atoms. The van der Waals surface area contributed by atoms with Crippen LogP contribution >= 0.6 is 15.9 Å². The summed E-state index contributed by atoms with van der Waals surface area (Å²) in [6.45, 7) is 5.02. The zero-order valence-electron chi connectivity index (χ0n) is 24.8. The summed E-state index contributed by atoms with van der Waals surface area (Å²) in [5.74, 6) is 0.895. The van der Waals surface area contributed by atoms with Gasteiger partial charge < -0.3 is 9.47 Å².